The molecule has 0 saturated carbocycles. The van der Waals surface area contributed by atoms with Gasteiger partial charge >= 0.3 is 0 Å². The predicted octanol–water partition coefficient (Wildman–Crippen LogP) is 3.82. The van der Waals surface area contributed by atoms with Gasteiger partial charge in [-0.25, -0.2) is 4.98 Å². The summed E-state index contributed by atoms with van der Waals surface area (Å²) < 4.78 is 5.55. The summed E-state index contributed by atoms with van der Waals surface area (Å²) in [6.45, 7) is 7.21. The number of nitrogens with one attached hydrogen (secondary N) is 1. The second-order valence-electron chi connectivity index (χ2n) is 7.53. The number of carbonyl (C=O) groups excluding carboxylic acids is 1. The van der Waals surface area contributed by atoms with Gasteiger partial charge in [-0.2, -0.15) is 0 Å². The molecule has 0 bridgehead atoms. The maximum atomic E-state index is 13.3. The van der Waals surface area contributed by atoms with Crippen molar-refractivity contribution >= 4 is 28.3 Å². The van der Waals surface area contributed by atoms with Gasteiger partial charge in [0.25, 0.3) is 5.91 Å². The fourth-order valence-corrected chi connectivity index (χ4v) is 4.22. The minimum Gasteiger partial charge on any atom is -0.378 e. The Morgan fingerprint density at radius 1 is 1.13 bits per heavy atom. The molecular formula is C24H24N4O2. The number of benzene rings is 2. The lowest BCUT2D eigenvalue weighted by molar-refractivity contribution is 0.0707. The summed E-state index contributed by atoms with van der Waals surface area (Å²) in [6, 6.07) is 17.9. The smallest absolute Gasteiger partial charge is 0.258 e. The number of rotatable bonds is 4. The molecule has 3 heterocycles. The summed E-state index contributed by atoms with van der Waals surface area (Å²) in [7, 11) is 0. The molecule has 2 aliphatic heterocycles. The highest BCUT2D eigenvalue weighted by Gasteiger charge is 2.35. The van der Waals surface area contributed by atoms with Crippen molar-refractivity contribution in [3.63, 3.8) is 0 Å². The van der Waals surface area contributed by atoms with Crippen molar-refractivity contribution in [3.05, 3.63) is 78.4 Å². The fourth-order valence-electron chi connectivity index (χ4n) is 4.22. The zero-order valence-corrected chi connectivity index (χ0v) is 16.8. The number of para-hydroxylation sites is 2. The molecule has 6 heteroatoms. The van der Waals surface area contributed by atoms with E-state index in [2.05, 4.69) is 28.9 Å². The molecule has 6 nitrogen and oxygen atoms in total. The Labute approximate surface area is 175 Å². The maximum absolute atomic E-state index is 13.3. The topological polar surface area (TPSA) is 57.7 Å². The molecule has 152 valence electrons. The number of amides is 1. The number of carbonyl (C=O) groups is 1. The van der Waals surface area contributed by atoms with Crippen LogP contribution in [0, 0.1) is 0 Å². The quantitative estimate of drug-likeness (QED) is 0.675. The first-order valence-electron chi connectivity index (χ1n) is 10.3. The van der Waals surface area contributed by atoms with Gasteiger partial charge in [-0.15, -0.1) is 6.58 Å². The van der Waals surface area contributed by atoms with Gasteiger partial charge in [-0.05, 0) is 24.3 Å². The van der Waals surface area contributed by atoms with Crippen LogP contribution in [0.25, 0.3) is 10.9 Å². The zero-order valence-electron chi connectivity index (χ0n) is 16.8. The number of aromatic nitrogens is 1. The minimum atomic E-state index is -0.333. The van der Waals surface area contributed by atoms with Gasteiger partial charge in [0.05, 0.1) is 24.3 Å². The summed E-state index contributed by atoms with van der Waals surface area (Å²) in [5.74, 6) is 0.895. The number of hydrogen-bond acceptors (Lipinski definition) is 5. The maximum Gasteiger partial charge on any atom is 0.258 e. The zero-order chi connectivity index (χ0) is 20.5. The molecule has 0 aliphatic carbocycles. The number of hydrogen-bond donors (Lipinski definition) is 1. The SMILES string of the molecule is C=CCN1C(=O)c2ccccc2NC1c1cc2ccccc2nc1N1CCOCC1. The number of morpholine rings is 1. The summed E-state index contributed by atoms with van der Waals surface area (Å²) in [6.07, 6.45) is 1.43. The highest BCUT2D eigenvalue weighted by atomic mass is 16.5. The van der Waals surface area contributed by atoms with Crippen LogP contribution >= 0.6 is 0 Å². The van der Waals surface area contributed by atoms with E-state index in [4.69, 9.17) is 9.72 Å². The molecular weight excluding hydrogens is 376 g/mol. The highest BCUT2D eigenvalue weighted by Crippen LogP contribution is 2.38. The van der Waals surface area contributed by atoms with Gasteiger partial charge in [-0.1, -0.05) is 36.4 Å². The molecule has 5 rings (SSSR count). The lowest BCUT2D eigenvalue weighted by Gasteiger charge is -2.39. The third kappa shape index (κ3) is 3.19. The van der Waals surface area contributed by atoms with Crippen molar-refractivity contribution in [1.82, 2.24) is 9.88 Å². The van der Waals surface area contributed by atoms with Crippen LogP contribution in [0.15, 0.2) is 67.3 Å². The minimum absolute atomic E-state index is 0.00432. The number of nitrogens with zero attached hydrogens (tertiary/aromatic N) is 3. The van der Waals surface area contributed by atoms with E-state index in [-0.39, 0.29) is 12.1 Å². The van der Waals surface area contributed by atoms with Crippen molar-refractivity contribution in [1.29, 1.82) is 0 Å². The summed E-state index contributed by atoms with van der Waals surface area (Å²) in [5, 5.41) is 4.63. The van der Waals surface area contributed by atoms with Crippen molar-refractivity contribution in [3.8, 4) is 0 Å². The van der Waals surface area contributed by atoms with Crippen LogP contribution in [0.3, 0.4) is 0 Å². The molecule has 1 aromatic heterocycles. The van der Waals surface area contributed by atoms with Gasteiger partial charge < -0.3 is 19.9 Å². The van der Waals surface area contributed by atoms with E-state index in [0.717, 1.165) is 41.1 Å². The van der Waals surface area contributed by atoms with E-state index >= 15 is 0 Å². The van der Waals surface area contributed by atoms with E-state index in [9.17, 15) is 4.79 Å². The lowest BCUT2D eigenvalue weighted by Crippen LogP contribution is -2.44. The average Bonchev–Trinajstić information content (AvgIpc) is 2.80. The normalized spacial score (nSPS) is 18.8. The molecule has 2 aromatic carbocycles. The molecule has 1 fully saturated rings. The lowest BCUT2D eigenvalue weighted by atomic mass is 10.0. The van der Waals surface area contributed by atoms with Crippen LogP contribution in [0.1, 0.15) is 22.1 Å². The molecule has 0 radical (unpaired) electrons. The Balaban J connectivity index is 1.68. The number of ether oxygens (including phenoxy) is 1. The van der Waals surface area contributed by atoms with E-state index in [1.165, 1.54) is 0 Å². The van der Waals surface area contributed by atoms with Gasteiger partial charge in [0, 0.05) is 36.3 Å². The molecule has 1 unspecified atom stereocenters. The molecule has 0 spiro atoms. The van der Waals surface area contributed by atoms with Crippen molar-refractivity contribution in [2.45, 2.75) is 6.17 Å². The van der Waals surface area contributed by atoms with Gasteiger partial charge in [0.2, 0.25) is 0 Å². The van der Waals surface area contributed by atoms with Crippen LogP contribution in [0.5, 0.6) is 0 Å². The van der Waals surface area contributed by atoms with Gasteiger partial charge in [-0.3, -0.25) is 4.79 Å². The first kappa shape index (κ1) is 18.6. The average molecular weight is 400 g/mol. The summed E-state index contributed by atoms with van der Waals surface area (Å²) in [5.41, 5.74) is 3.45. The van der Waals surface area contributed by atoms with Crippen molar-refractivity contribution < 1.29 is 9.53 Å². The van der Waals surface area contributed by atoms with E-state index in [1.54, 1.807) is 6.08 Å². The molecule has 1 atom stereocenters. The second-order valence-corrected chi connectivity index (χ2v) is 7.53. The number of pyridine rings is 1. The first-order valence-corrected chi connectivity index (χ1v) is 10.3. The van der Waals surface area contributed by atoms with Crippen LogP contribution < -0.4 is 10.2 Å². The van der Waals surface area contributed by atoms with Gasteiger partial charge in [0.15, 0.2) is 0 Å². The monoisotopic (exact) mass is 400 g/mol. The molecule has 1 amide bonds. The molecule has 1 saturated heterocycles. The molecule has 2 aliphatic rings. The van der Waals surface area contributed by atoms with Crippen LogP contribution in [0.4, 0.5) is 11.5 Å². The number of anilines is 2. The number of fused-ring (bicyclic) bond motifs is 2. The molecule has 3 aromatic rings. The Bertz CT molecular complexity index is 1110. The standard InChI is InChI=1S/C24H24N4O2/c1-2-11-28-23(26-21-10-6-4-8-18(21)24(28)29)19-16-17-7-3-5-9-20(17)25-22(19)27-12-14-30-15-13-27/h2-10,16,23,26H,1,11-15H2. The third-order valence-corrected chi connectivity index (χ3v) is 5.69. The van der Waals surface area contributed by atoms with Crippen molar-refractivity contribution in [2.24, 2.45) is 0 Å². The van der Waals surface area contributed by atoms with Crippen LogP contribution in [0.2, 0.25) is 0 Å². The van der Waals surface area contributed by atoms with Crippen LogP contribution in [-0.2, 0) is 4.74 Å². The Hall–Kier alpha value is -3.38. The summed E-state index contributed by atoms with van der Waals surface area (Å²) >= 11 is 0. The first-order chi connectivity index (χ1) is 14.8. The molecule has 1 N–H and O–H groups in total. The Morgan fingerprint density at radius 2 is 1.90 bits per heavy atom. The third-order valence-electron chi connectivity index (χ3n) is 5.69. The van der Waals surface area contributed by atoms with Gasteiger partial charge in [0.1, 0.15) is 12.0 Å². The predicted molar refractivity (Wildman–Crippen MR) is 119 cm³/mol. The fraction of sp³-hybridized carbons (Fsp3) is 0.250. The van der Waals surface area contributed by atoms with E-state index in [1.807, 2.05) is 47.4 Å². The Morgan fingerprint density at radius 3 is 2.73 bits per heavy atom. The molecule has 30 heavy (non-hydrogen) atoms. The van der Waals surface area contributed by atoms with E-state index in [0.29, 0.717) is 25.3 Å². The van der Waals surface area contributed by atoms with E-state index < -0.39 is 0 Å². The van der Waals surface area contributed by atoms with Crippen molar-refractivity contribution in [2.75, 3.05) is 43.1 Å². The van der Waals surface area contributed by atoms with Crippen LogP contribution in [-0.4, -0.2) is 48.6 Å². The summed E-state index contributed by atoms with van der Waals surface area (Å²) in [4.78, 5) is 22.4. The Kier molecular flexibility index (Phi) is 4.85. The highest BCUT2D eigenvalue weighted by molar-refractivity contribution is 6.02. The largest absolute Gasteiger partial charge is 0.378 e. The second kappa shape index (κ2) is 7.80.